The van der Waals surface area contributed by atoms with Crippen molar-refractivity contribution in [3.8, 4) is 0 Å². The zero-order valence-electron chi connectivity index (χ0n) is 11.1. The molecule has 1 saturated carbocycles. The summed E-state index contributed by atoms with van der Waals surface area (Å²) >= 11 is 5.72. The molecule has 1 aliphatic rings. The van der Waals surface area contributed by atoms with E-state index in [1.165, 1.54) is 12.1 Å². The molecule has 1 fully saturated rings. The maximum Gasteiger partial charge on any atom is 0.501 e. The van der Waals surface area contributed by atoms with Gasteiger partial charge in [-0.25, -0.2) is 8.42 Å². The Labute approximate surface area is 126 Å². The van der Waals surface area contributed by atoms with Crippen molar-refractivity contribution in [1.29, 1.82) is 0 Å². The molecule has 8 heteroatoms. The molecule has 0 saturated heterocycles. The maximum absolute atomic E-state index is 12.4. The Bertz CT molecular complexity index is 595. The molecule has 1 aromatic carbocycles. The van der Waals surface area contributed by atoms with E-state index in [-0.39, 0.29) is 5.41 Å². The molecular formula is C13H15ClF3NO2S. The molecule has 1 aromatic rings. The van der Waals surface area contributed by atoms with Gasteiger partial charge in [-0.3, -0.25) is 0 Å². The maximum atomic E-state index is 12.4. The number of hydrogen-bond acceptors (Lipinski definition) is 3. The predicted molar refractivity (Wildman–Crippen MR) is 75.2 cm³/mol. The highest BCUT2D eigenvalue weighted by atomic mass is 35.5. The van der Waals surface area contributed by atoms with Gasteiger partial charge in [0.05, 0.1) is 4.90 Å². The summed E-state index contributed by atoms with van der Waals surface area (Å²) in [6.07, 6.45) is 3.04. The van der Waals surface area contributed by atoms with Crippen molar-refractivity contribution in [2.45, 2.75) is 29.7 Å². The molecule has 3 nitrogen and oxygen atoms in total. The third-order valence-corrected chi connectivity index (χ3v) is 5.41. The molecule has 118 valence electrons. The van der Waals surface area contributed by atoms with Gasteiger partial charge in [0.1, 0.15) is 0 Å². The summed E-state index contributed by atoms with van der Waals surface area (Å²) in [4.78, 5) is -0.748. The Morgan fingerprint density at radius 2 is 1.76 bits per heavy atom. The van der Waals surface area contributed by atoms with Gasteiger partial charge in [0.25, 0.3) is 9.84 Å². The monoisotopic (exact) mass is 341 g/mol. The van der Waals surface area contributed by atoms with E-state index in [4.69, 9.17) is 11.6 Å². The summed E-state index contributed by atoms with van der Waals surface area (Å²) in [6, 6.07) is 4.61. The Balaban J connectivity index is 2.03. The van der Waals surface area contributed by atoms with Gasteiger partial charge in [-0.15, -0.1) is 11.6 Å². The van der Waals surface area contributed by atoms with Gasteiger partial charge in [-0.1, -0.05) is 0 Å². The van der Waals surface area contributed by atoms with Crippen LogP contribution in [0.4, 0.5) is 18.9 Å². The van der Waals surface area contributed by atoms with Crippen LogP contribution in [0.5, 0.6) is 0 Å². The molecule has 0 bridgehead atoms. The lowest BCUT2D eigenvalue weighted by molar-refractivity contribution is -0.0436. The molecule has 0 aliphatic heterocycles. The molecule has 0 amide bonds. The van der Waals surface area contributed by atoms with Crippen molar-refractivity contribution < 1.29 is 21.6 Å². The quantitative estimate of drug-likeness (QED) is 0.800. The van der Waals surface area contributed by atoms with E-state index in [9.17, 15) is 21.6 Å². The lowest BCUT2D eigenvalue weighted by Gasteiger charge is -2.15. The fourth-order valence-corrected chi connectivity index (χ4v) is 3.23. The number of hydrogen-bond donors (Lipinski definition) is 1. The molecule has 1 aliphatic carbocycles. The highest BCUT2D eigenvalue weighted by Gasteiger charge is 2.46. The first-order valence-electron chi connectivity index (χ1n) is 6.41. The van der Waals surface area contributed by atoms with Crippen LogP contribution in [0.1, 0.15) is 19.3 Å². The highest BCUT2D eigenvalue weighted by molar-refractivity contribution is 7.92. The fourth-order valence-electron chi connectivity index (χ4n) is 2.07. The van der Waals surface area contributed by atoms with Gasteiger partial charge in [0.2, 0.25) is 0 Å². The Hall–Kier alpha value is -0.950. The second kappa shape index (κ2) is 5.68. The minimum absolute atomic E-state index is 0.179. The molecule has 1 N–H and O–H groups in total. The minimum Gasteiger partial charge on any atom is -0.384 e. The van der Waals surface area contributed by atoms with Crippen LogP contribution in [0.25, 0.3) is 0 Å². The third kappa shape index (κ3) is 3.63. The van der Waals surface area contributed by atoms with Crippen molar-refractivity contribution in [2.24, 2.45) is 5.41 Å². The second-order valence-corrected chi connectivity index (χ2v) is 7.59. The van der Waals surface area contributed by atoms with Crippen molar-refractivity contribution in [2.75, 3.05) is 17.7 Å². The second-order valence-electron chi connectivity index (χ2n) is 5.27. The van der Waals surface area contributed by atoms with Crippen LogP contribution in [-0.4, -0.2) is 26.4 Å². The summed E-state index contributed by atoms with van der Waals surface area (Å²) in [5.41, 5.74) is -4.50. The van der Waals surface area contributed by atoms with Crippen LogP contribution in [0.15, 0.2) is 29.2 Å². The smallest absolute Gasteiger partial charge is 0.384 e. The van der Waals surface area contributed by atoms with Gasteiger partial charge in [-0.05, 0) is 48.9 Å². The van der Waals surface area contributed by atoms with E-state index in [1.807, 2.05) is 0 Å². The zero-order chi connectivity index (χ0) is 15.7. The summed E-state index contributed by atoms with van der Waals surface area (Å²) in [6.45, 7) is 0.686. The summed E-state index contributed by atoms with van der Waals surface area (Å²) < 4.78 is 59.6. The molecule has 0 spiro atoms. The van der Waals surface area contributed by atoms with Crippen LogP contribution in [-0.2, 0) is 9.84 Å². The molecule has 0 heterocycles. The minimum atomic E-state index is -5.28. The standard InChI is InChI=1S/C13H15ClF3NO2S/c14-8-7-12(5-6-12)9-18-10-1-3-11(4-2-10)21(19,20)13(15,16)17/h1-4,18H,5-9H2. The lowest BCUT2D eigenvalue weighted by atomic mass is 10.0. The molecule has 0 radical (unpaired) electrons. The number of benzene rings is 1. The number of nitrogens with one attached hydrogen (secondary N) is 1. The van der Waals surface area contributed by atoms with E-state index in [0.29, 0.717) is 18.1 Å². The Morgan fingerprint density at radius 1 is 1.19 bits per heavy atom. The zero-order valence-corrected chi connectivity index (χ0v) is 12.7. The van der Waals surface area contributed by atoms with Crippen LogP contribution >= 0.6 is 11.6 Å². The highest BCUT2D eigenvalue weighted by Crippen LogP contribution is 2.48. The SMILES string of the molecule is O=S(=O)(c1ccc(NCC2(CCCl)CC2)cc1)C(F)(F)F. The number of alkyl halides is 4. The van der Waals surface area contributed by atoms with Crippen molar-refractivity contribution in [1.82, 2.24) is 0 Å². The van der Waals surface area contributed by atoms with Crippen LogP contribution < -0.4 is 5.32 Å². The van der Waals surface area contributed by atoms with Gasteiger partial charge in [0, 0.05) is 18.1 Å². The summed E-state index contributed by atoms with van der Waals surface area (Å²) in [5, 5.41) is 3.11. The number of halogens is 4. The first-order chi connectivity index (χ1) is 9.70. The summed E-state index contributed by atoms with van der Waals surface area (Å²) in [5.74, 6) is 0.574. The fraction of sp³-hybridized carbons (Fsp3) is 0.538. The lowest BCUT2D eigenvalue weighted by Crippen LogP contribution is -2.23. The van der Waals surface area contributed by atoms with E-state index in [1.54, 1.807) is 0 Å². The van der Waals surface area contributed by atoms with Crippen LogP contribution in [0, 0.1) is 5.41 Å². The predicted octanol–water partition coefficient (Wildman–Crippen LogP) is 3.80. The topological polar surface area (TPSA) is 46.2 Å². The van der Waals surface area contributed by atoms with E-state index in [0.717, 1.165) is 31.4 Å². The Morgan fingerprint density at radius 3 is 2.19 bits per heavy atom. The number of rotatable bonds is 6. The molecule has 0 atom stereocenters. The van der Waals surface area contributed by atoms with E-state index in [2.05, 4.69) is 5.32 Å². The largest absolute Gasteiger partial charge is 0.501 e. The van der Waals surface area contributed by atoms with Gasteiger partial charge in [-0.2, -0.15) is 13.2 Å². The van der Waals surface area contributed by atoms with E-state index >= 15 is 0 Å². The van der Waals surface area contributed by atoms with Gasteiger partial charge in [0.15, 0.2) is 0 Å². The number of sulfone groups is 1. The first-order valence-corrected chi connectivity index (χ1v) is 8.43. The average Bonchev–Trinajstić information content (AvgIpc) is 3.16. The van der Waals surface area contributed by atoms with Gasteiger partial charge >= 0.3 is 5.51 Å². The van der Waals surface area contributed by atoms with Crippen molar-refractivity contribution in [3.05, 3.63) is 24.3 Å². The van der Waals surface area contributed by atoms with Crippen LogP contribution in [0.2, 0.25) is 0 Å². The van der Waals surface area contributed by atoms with E-state index < -0.39 is 20.2 Å². The number of anilines is 1. The molecule has 0 aromatic heterocycles. The average molecular weight is 342 g/mol. The van der Waals surface area contributed by atoms with Crippen molar-refractivity contribution >= 4 is 27.1 Å². The molecule has 2 rings (SSSR count). The molecular weight excluding hydrogens is 327 g/mol. The molecule has 21 heavy (non-hydrogen) atoms. The first kappa shape index (κ1) is 16.4. The van der Waals surface area contributed by atoms with Gasteiger partial charge < -0.3 is 5.32 Å². The summed E-state index contributed by atoms with van der Waals surface area (Å²) in [7, 11) is -5.28. The normalized spacial score (nSPS) is 17.5. The Kier molecular flexibility index (Phi) is 4.44. The van der Waals surface area contributed by atoms with Crippen LogP contribution in [0.3, 0.4) is 0 Å². The van der Waals surface area contributed by atoms with Crippen molar-refractivity contribution in [3.63, 3.8) is 0 Å². The third-order valence-electron chi connectivity index (χ3n) is 3.72. The molecule has 0 unspecified atom stereocenters.